The summed E-state index contributed by atoms with van der Waals surface area (Å²) in [7, 11) is 0. The van der Waals surface area contributed by atoms with Gasteiger partial charge in [0.1, 0.15) is 0 Å². The monoisotopic (exact) mass is 206 g/mol. The lowest BCUT2D eigenvalue weighted by Gasteiger charge is -2.13. The first kappa shape index (κ1) is 11.4. The number of amides is 1. The highest BCUT2D eigenvalue weighted by molar-refractivity contribution is 5.91. The van der Waals surface area contributed by atoms with Gasteiger partial charge in [0, 0.05) is 6.42 Å². The third kappa shape index (κ3) is 3.18. The summed E-state index contributed by atoms with van der Waals surface area (Å²) in [5.41, 5.74) is 11.2. The first-order valence-corrected chi connectivity index (χ1v) is 4.71. The van der Waals surface area contributed by atoms with Crippen LogP contribution in [-0.2, 0) is 9.59 Å². The number of hydrogen-bond acceptors (Lipinski definition) is 3. The number of ketones is 1. The van der Waals surface area contributed by atoms with Gasteiger partial charge in [0.2, 0.25) is 5.91 Å². The molecule has 1 aromatic rings. The van der Waals surface area contributed by atoms with Gasteiger partial charge in [-0.3, -0.25) is 9.59 Å². The van der Waals surface area contributed by atoms with E-state index in [1.807, 2.05) is 18.2 Å². The molecule has 0 spiro atoms. The van der Waals surface area contributed by atoms with E-state index in [1.165, 1.54) is 0 Å². The molecule has 1 amide bonds. The maximum atomic E-state index is 11.5. The summed E-state index contributed by atoms with van der Waals surface area (Å²) in [6.45, 7) is -0.0765. The Bertz CT molecular complexity index is 349. The van der Waals surface area contributed by atoms with Crippen molar-refractivity contribution in [2.45, 2.75) is 12.3 Å². The standard InChI is InChI=1S/C11H14N2O2/c12-7-10(14)9(6-11(13)15)8-4-2-1-3-5-8/h1-5,9H,6-7,12H2,(H2,13,15)/t9-/m0/s1. The van der Waals surface area contributed by atoms with Crippen molar-refractivity contribution in [3.8, 4) is 0 Å². The smallest absolute Gasteiger partial charge is 0.218 e. The molecule has 0 radical (unpaired) electrons. The number of benzene rings is 1. The van der Waals surface area contributed by atoms with E-state index in [2.05, 4.69) is 0 Å². The lowest BCUT2D eigenvalue weighted by molar-refractivity contribution is -0.124. The van der Waals surface area contributed by atoms with Crippen molar-refractivity contribution < 1.29 is 9.59 Å². The Morgan fingerprint density at radius 1 is 1.20 bits per heavy atom. The molecule has 0 bridgehead atoms. The largest absolute Gasteiger partial charge is 0.370 e. The predicted octanol–water partition coefficient (Wildman–Crippen LogP) is 0.173. The maximum Gasteiger partial charge on any atom is 0.218 e. The van der Waals surface area contributed by atoms with Crippen molar-refractivity contribution in [3.63, 3.8) is 0 Å². The van der Waals surface area contributed by atoms with Gasteiger partial charge in [0.05, 0.1) is 12.5 Å². The Hall–Kier alpha value is -1.68. The minimum absolute atomic E-state index is 0.0139. The van der Waals surface area contributed by atoms with Crippen LogP contribution >= 0.6 is 0 Å². The van der Waals surface area contributed by atoms with Crippen molar-refractivity contribution in [1.82, 2.24) is 0 Å². The summed E-state index contributed by atoms with van der Waals surface area (Å²) in [5.74, 6) is -1.17. The molecule has 0 aliphatic heterocycles. The van der Waals surface area contributed by atoms with Gasteiger partial charge in [0.25, 0.3) is 0 Å². The number of hydrogen-bond donors (Lipinski definition) is 2. The van der Waals surface area contributed by atoms with Crippen LogP contribution in [0.5, 0.6) is 0 Å². The second-order valence-corrected chi connectivity index (χ2v) is 3.30. The van der Waals surface area contributed by atoms with Crippen LogP contribution in [0.3, 0.4) is 0 Å². The van der Waals surface area contributed by atoms with Gasteiger partial charge in [-0.25, -0.2) is 0 Å². The highest BCUT2D eigenvalue weighted by atomic mass is 16.1. The summed E-state index contributed by atoms with van der Waals surface area (Å²) in [6, 6.07) is 9.06. The molecule has 4 N–H and O–H groups in total. The number of carbonyl (C=O) groups excluding carboxylic acids is 2. The Morgan fingerprint density at radius 2 is 1.80 bits per heavy atom. The Labute approximate surface area is 88.3 Å². The number of rotatable bonds is 5. The van der Waals surface area contributed by atoms with Crippen LogP contribution in [-0.4, -0.2) is 18.2 Å². The van der Waals surface area contributed by atoms with E-state index in [1.54, 1.807) is 12.1 Å². The predicted molar refractivity (Wildman–Crippen MR) is 57.1 cm³/mol. The summed E-state index contributed by atoms with van der Waals surface area (Å²) in [6.07, 6.45) is 0.0139. The second kappa shape index (κ2) is 5.26. The quantitative estimate of drug-likeness (QED) is 0.720. The molecule has 1 rings (SSSR count). The lowest BCUT2D eigenvalue weighted by Crippen LogP contribution is -2.26. The summed E-state index contributed by atoms with van der Waals surface area (Å²) < 4.78 is 0. The molecule has 4 heteroatoms. The zero-order valence-corrected chi connectivity index (χ0v) is 8.35. The molecule has 1 atom stereocenters. The molecular weight excluding hydrogens is 192 g/mol. The third-order valence-corrected chi connectivity index (χ3v) is 2.20. The molecule has 0 aliphatic carbocycles. The fourth-order valence-electron chi connectivity index (χ4n) is 1.45. The van der Waals surface area contributed by atoms with Gasteiger partial charge in [0.15, 0.2) is 5.78 Å². The normalized spacial score (nSPS) is 12.1. The third-order valence-electron chi connectivity index (χ3n) is 2.20. The highest BCUT2D eigenvalue weighted by Crippen LogP contribution is 2.19. The first-order valence-electron chi connectivity index (χ1n) is 4.71. The highest BCUT2D eigenvalue weighted by Gasteiger charge is 2.20. The SMILES string of the molecule is NCC(=O)[C@@H](CC(N)=O)c1ccccc1. The van der Waals surface area contributed by atoms with Gasteiger partial charge in [-0.1, -0.05) is 30.3 Å². The molecule has 0 aromatic heterocycles. The van der Waals surface area contributed by atoms with Crippen LogP contribution in [0.15, 0.2) is 30.3 Å². The number of primary amides is 1. The van der Waals surface area contributed by atoms with E-state index in [4.69, 9.17) is 11.5 Å². The molecule has 4 nitrogen and oxygen atoms in total. The Kier molecular flexibility index (Phi) is 4.00. The van der Waals surface area contributed by atoms with Gasteiger partial charge < -0.3 is 11.5 Å². The van der Waals surface area contributed by atoms with Crippen LogP contribution in [0.4, 0.5) is 0 Å². The van der Waals surface area contributed by atoms with Gasteiger partial charge in [-0.05, 0) is 5.56 Å². The Morgan fingerprint density at radius 3 is 2.27 bits per heavy atom. The minimum atomic E-state index is -0.506. The van der Waals surface area contributed by atoms with Crippen molar-refractivity contribution in [3.05, 3.63) is 35.9 Å². The van der Waals surface area contributed by atoms with E-state index >= 15 is 0 Å². The average Bonchev–Trinajstić information content (AvgIpc) is 2.26. The fourth-order valence-corrected chi connectivity index (χ4v) is 1.45. The molecule has 15 heavy (non-hydrogen) atoms. The number of carbonyl (C=O) groups is 2. The van der Waals surface area contributed by atoms with E-state index in [0.717, 1.165) is 5.56 Å². The van der Waals surface area contributed by atoms with Crippen molar-refractivity contribution >= 4 is 11.7 Å². The van der Waals surface area contributed by atoms with E-state index < -0.39 is 11.8 Å². The summed E-state index contributed by atoms with van der Waals surface area (Å²) in [4.78, 5) is 22.3. The van der Waals surface area contributed by atoms with Gasteiger partial charge in [-0.2, -0.15) is 0 Å². The molecule has 0 saturated heterocycles. The molecule has 0 unspecified atom stereocenters. The first-order chi connectivity index (χ1) is 7.15. The van der Waals surface area contributed by atoms with E-state index in [0.29, 0.717) is 0 Å². The summed E-state index contributed by atoms with van der Waals surface area (Å²) in [5, 5.41) is 0. The maximum absolute atomic E-state index is 11.5. The van der Waals surface area contributed by atoms with Gasteiger partial charge >= 0.3 is 0 Å². The molecule has 80 valence electrons. The molecule has 0 aliphatic rings. The number of Topliss-reactive ketones (excluding diaryl/α,β-unsaturated/α-hetero) is 1. The van der Waals surface area contributed by atoms with Crippen LogP contribution in [0.2, 0.25) is 0 Å². The van der Waals surface area contributed by atoms with Crippen LogP contribution in [0, 0.1) is 0 Å². The molecule has 0 saturated carbocycles. The fraction of sp³-hybridized carbons (Fsp3) is 0.273. The summed E-state index contributed by atoms with van der Waals surface area (Å²) >= 11 is 0. The van der Waals surface area contributed by atoms with Crippen LogP contribution in [0.25, 0.3) is 0 Å². The molecule has 0 heterocycles. The van der Waals surface area contributed by atoms with Crippen LogP contribution < -0.4 is 11.5 Å². The van der Waals surface area contributed by atoms with Crippen LogP contribution in [0.1, 0.15) is 17.9 Å². The number of nitrogens with two attached hydrogens (primary N) is 2. The van der Waals surface area contributed by atoms with E-state index in [-0.39, 0.29) is 18.7 Å². The van der Waals surface area contributed by atoms with E-state index in [9.17, 15) is 9.59 Å². The Balaban J connectivity index is 2.91. The zero-order chi connectivity index (χ0) is 11.3. The zero-order valence-electron chi connectivity index (χ0n) is 8.35. The minimum Gasteiger partial charge on any atom is -0.370 e. The molecule has 1 aromatic carbocycles. The average molecular weight is 206 g/mol. The van der Waals surface area contributed by atoms with Gasteiger partial charge in [-0.15, -0.1) is 0 Å². The second-order valence-electron chi connectivity index (χ2n) is 3.30. The molecule has 0 fully saturated rings. The van der Waals surface area contributed by atoms with Crippen molar-refractivity contribution in [2.75, 3.05) is 6.54 Å². The lowest BCUT2D eigenvalue weighted by atomic mass is 9.91. The van der Waals surface area contributed by atoms with Crippen molar-refractivity contribution in [2.24, 2.45) is 11.5 Å². The topological polar surface area (TPSA) is 86.2 Å². The van der Waals surface area contributed by atoms with Crippen molar-refractivity contribution in [1.29, 1.82) is 0 Å². The molecular formula is C11H14N2O2.